The summed E-state index contributed by atoms with van der Waals surface area (Å²) in [6.45, 7) is 2.99. The van der Waals surface area contributed by atoms with Crippen molar-refractivity contribution in [2.24, 2.45) is 11.8 Å². The molecule has 2 aliphatic heterocycles. The first kappa shape index (κ1) is 17.8. The van der Waals surface area contributed by atoms with Gasteiger partial charge in [-0.1, -0.05) is 54.6 Å². The summed E-state index contributed by atoms with van der Waals surface area (Å²) in [6.07, 6.45) is 6.86. The van der Waals surface area contributed by atoms with E-state index in [0.29, 0.717) is 6.54 Å². The number of aliphatic hydroxyl groups is 1. The summed E-state index contributed by atoms with van der Waals surface area (Å²) in [5.41, 5.74) is 3.05. The van der Waals surface area contributed by atoms with Gasteiger partial charge in [0, 0.05) is 42.3 Å². The molecule has 1 saturated carbocycles. The maximum absolute atomic E-state index is 11.1. The molecule has 3 heterocycles. The van der Waals surface area contributed by atoms with Crippen molar-refractivity contribution in [2.45, 2.75) is 31.8 Å². The topological polar surface area (TPSA) is 36.4 Å². The van der Waals surface area contributed by atoms with Gasteiger partial charge in [-0.25, -0.2) is 0 Å². The van der Waals surface area contributed by atoms with Crippen molar-refractivity contribution >= 4 is 10.8 Å². The SMILES string of the molecule is OC(CN1CC2CCC(CC2)C1)c1cnc(-c2ccccc2)c2ccccc12. The zero-order chi connectivity index (χ0) is 18.9. The van der Waals surface area contributed by atoms with Crippen LogP contribution in [0.2, 0.25) is 0 Å². The van der Waals surface area contributed by atoms with Gasteiger partial charge in [0.2, 0.25) is 0 Å². The number of hydrogen-bond donors (Lipinski definition) is 1. The van der Waals surface area contributed by atoms with Crippen LogP contribution < -0.4 is 0 Å². The van der Waals surface area contributed by atoms with Crippen molar-refractivity contribution in [1.82, 2.24) is 9.88 Å². The molecule has 3 nitrogen and oxygen atoms in total. The van der Waals surface area contributed by atoms with Crippen LogP contribution in [-0.4, -0.2) is 34.6 Å². The van der Waals surface area contributed by atoms with Crippen LogP contribution in [0.5, 0.6) is 0 Å². The van der Waals surface area contributed by atoms with Crippen LogP contribution in [0.3, 0.4) is 0 Å². The van der Waals surface area contributed by atoms with Gasteiger partial charge < -0.3 is 5.11 Å². The van der Waals surface area contributed by atoms with Crippen LogP contribution in [0.25, 0.3) is 22.0 Å². The lowest BCUT2D eigenvalue weighted by Crippen LogP contribution is -2.32. The maximum Gasteiger partial charge on any atom is 0.0937 e. The Morgan fingerprint density at radius 3 is 2.14 bits per heavy atom. The Kier molecular flexibility index (Phi) is 4.87. The molecule has 1 N–H and O–H groups in total. The first-order chi connectivity index (χ1) is 13.8. The highest BCUT2D eigenvalue weighted by Crippen LogP contribution is 2.36. The fourth-order valence-corrected chi connectivity index (χ4v) is 5.20. The van der Waals surface area contributed by atoms with Crippen molar-refractivity contribution < 1.29 is 5.11 Å². The van der Waals surface area contributed by atoms with Gasteiger partial charge >= 0.3 is 0 Å². The monoisotopic (exact) mass is 372 g/mol. The summed E-state index contributed by atoms with van der Waals surface area (Å²) < 4.78 is 0. The molecule has 3 heteroatoms. The molecular weight excluding hydrogens is 344 g/mol. The van der Waals surface area contributed by atoms with Crippen molar-refractivity contribution in [3.8, 4) is 11.3 Å². The first-order valence-corrected chi connectivity index (χ1v) is 10.6. The van der Waals surface area contributed by atoms with Crippen LogP contribution in [0.15, 0.2) is 60.8 Å². The largest absolute Gasteiger partial charge is 0.387 e. The fraction of sp³-hybridized carbons (Fsp3) is 0.400. The van der Waals surface area contributed by atoms with Gasteiger partial charge in [0.15, 0.2) is 0 Å². The third kappa shape index (κ3) is 3.45. The zero-order valence-electron chi connectivity index (χ0n) is 16.3. The molecule has 2 aromatic carbocycles. The summed E-state index contributed by atoms with van der Waals surface area (Å²) in [6, 6.07) is 18.7. The summed E-state index contributed by atoms with van der Waals surface area (Å²) in [7, 11) is 0. The molecule has 3 fully saturated rings. The van der Waals surface area contributed by atoms with E-state index in [-0.39, 0.29) is 0 Å². The third-order valence-electron chi connectivity index (χ3n) is 6.66. The molecule has 3 aromatic rings. The second-order valence-electron chi connectivity index (χ2n) is 8.59. The Labute approximate surface area is 167 Å². The quantitative estimate of drug-likeness (QED) is 0.696. The average Bonchev–Trinajstić information content (AvgIpc) is 3.06. The van der Waals surface area contributed by atoms with Crippen LogP contribution >= 0.6 is 0 Å². The van der Waals surface area contributed by atoms with Crippen molar-refractivity contribution in [1.29, 1.82) is 0 Å². The van der Waals surface area contributed by atoms with Crippen LogP contribution in [0.1, 0.15) is 37.4 Å². The Balaban J connectivity index is 1.46. The minimum absolute atomic E-state index is 0.500. The van der Waals surface area contributed by atoms with E-state index in [4.69, 9.17) is 4.98 Å². The summed E-state index contributed by atoms with van der Waals surface area (Å²) in [5.74, 6) is 1.64. The minimum Gasteiger partial charge on any atom is -0.387 e. The molecule has 144 valence electrons. The second kappa shape index (κ2) is 7.65. The number of pyridine rings is 1. The number of benzene rings is 2. The fourth-order valence-electron chi connectivity index (χ4n) is 5.20. The molecule has 28 heavy (non-hydrogen) atoms. The normalized spacial score (nSPS) is 23.6. The van der Waals surface area contributed by atoms with E-state index in [1.807, 2.05) is 24.4 Å². The van der Waals surface area contributed by atoms with E-state index in [0.717, 1.165) is 52.5 Å². The van der Waals surface area contributed by atoms with Gasteiger partial charge in [-0.05, 0) is 42.9 Å². The van der Waals surface area contributed by atoms with Crippen LogP contribution in [0, 0.1) is 11.8 Å². The molecular formula is C25H28N2O. The number of aromatic nitrogens is 1. The number of hydrogen-bond acceptors (Lipinski definition) is 3. The Hall–Kier alpha value is -2.23. The molecule has 1 aliphatic carbocycles. The smallest absolute Gasteiger partial charge is 0.0937 e. The molecule has 1 aromatic heterocycles. The van der Waals surface area contributed by atoms with Crippen LogP contribution in [0.4, 0.5) is 0 Å². The van der Waals surface area contributed by atoms with E-state index in [1.165, 1.54) is 25.7 Å². The number of fused-ring (bicyclic) bond motifs is 5. The highest BCUT2D eigenvalue weighted by Gasteiger charge is 2.30. The van der Waals surface area contributed by atoms with Gasteiger partial charge in [0.25, 0.3) is 0 Å². The lowest BCUT2D eigenvalue weighted by atomic mass is 9.84. The number of rotatable bonds is 4. The molecule has 6 rings (SSSR count). The Morgan fingerprint density at radius 2 is 1.46 bits per heavy atom. The van der Waals surface area contributed by atoms with E-state index in [2.05, 4.69) is 41.3 Å². The van der Waals surface area contributed by atoms with Gasteiger partial charge in [0.05, 0.1) is 11.8 Å². The molecule has 3 aliphatic rings. The van der Waals surface area contributed by atoms with Crippen LogP contribution in [-0.2, 0) is 0 Å². The average molecular weight is 373 g/mol. The van der Waals surface area contributed by atoms with E-state index in [1.54, 1.807) is 0 Å². The minimum atomic E-state index is -0.500. The summed E-state index contributed by atoms with van der Waals surface area (Å²) in [4.78, 5) is 7.27. The van der Waals surface area contributed by atoms with E-state index < -0.39 is 6.10 Å². The van der Waals surface area contributed by atoms with Gasteiger partial charge in [-0.3, -0.25) is 9.88 Å². The predicted molar refractivity (Wildman–Crippen MR) is 114 cm³/mol. The summed E-state index contributed by atoms with van der Waals surface area (Å²) in [5, 5.41) is 13.4. The lowest BCUT2D eigenvalue weighted by Gasteiger charge is -2.26. The first-order valence-electron chi connectivity index (χ1n) is 10.6. The zero-order valence-corrected chi connectivity index (χ0v) is 16.3. The molecule has 1 atom stereocenters. The lowest BCUT2D eigenvalue weighted by molar-refractivity contribution is 0.108. The summed E-state index contributed by atoms with van der Waals surface area (Å²) >= 11 is 0. The van der Waals surface area contributed by atoms with Crippen molar-refractivity contribution in [3.05, 3.63) is 66.4 Å². The number of nitrogens with zero attached hydrogens (tertiary/aromatic N) is 2. The predicted octanol–water partition coefficient (Wildman–Crippen LogP) is 5.06. The molecule has 0 spiro atoms. The molecule has 0 radical (unpaired) electrons. The molecule has 1 unspecified atom stereocenters. The van der Waals surface area contributed by atoms with E-state index in [9.17, 15) is 5.11 Å². The maximum atomic E-state index is 11.1. The van der Waals surface area contributed by atoms with Crippen molar-refractivity contribution in [2.75, 3.05) is 19.6 Å². The Morgan fingerprint density at radius 1 is 0.857 bits per heavy atom. The molecule has 2 bridgehead atoms. The Bertz CT molecular complexity index is 933. The second-order valence-corrected chi connectivity index (χ2v) is 8.59. The molecule has 0 amide bonds. The highest BCUT2D eigenvalue weighted by molar-refractivity contribution is 5.96. The molecule has 2 saturated heterocycles. The van der Waals surface area contributed by atoms with Gasteiger partial charge in [-0.15, -0.1) is 0 Å². The van der Waals surface area contributed by atoms with Gasteiger partial charge in [0.1, 0.15) is 0 Å². The highest BCUT2D eigenvalue weighted by atomic mass is 16.3. The van der Waals surface area contributed by atoms with Gasteiger partial charge in [-0.2, -0.15) is 0 Å². The third-order valence-corrected chi connectivity index (χ3v) is 6.66. The van der Waals surface area contributed by atoms with E-state index >= 15 is 0 Å². The number of aliphatic hydroxyl groups excluding tert-OH is 1. The van der Waals surface area contributed by atoms with Crippen molar-refractivity contribution in [3.63, 3.8) is 0 Å². The standard InChI is InChI=1S/C25H28N2O/c28-24(17-27-15-18-10-11-19(16-27)13-12-18)23-14-26-25(20-6-2-1-3-7-20)22-9-5-4-8-21(22)23/h1-9,14,18-19,24,28H,10-13,15-17H2.